The van der Waals surface area contributed by atoms with E-state index in [4.69, 9.17) is 9.47 Å². The van der Waals surface area contributed by atoms with Crippen LogP contribution >= 0.6 is 12.6 Å². The minimum Gasteiger partial charge on any atom is -0.382 e. The van der Waals surface area contributed by atoms with Crippen molar-refractivity contribution in [3.8, 4) is 0 Å². The van der Waals surface area contributed by atoms with Crippen LogP contribution in [0.15, 0.2) is 0 Å². The highest BCUT2D eigenvalue weighted by Gasteiger charge is 2.16. The van der Waals surface area contributed by atoms with Crippen molar-refractivity contribution in [1.29, 1.82) is 0 Å². The molecule has 0 aromatic rings. The van der Waals surface area contributed by atoms with Gasteiger partial charge in [0.2, 0.25) is 11.8 Å². The van der Waals surface area contributed by atoms with Gasteiger partial charge in [0.15, 0.2) is 0 Å². The number of thiol groups is 1. The van der Waals surface area contributed by atoms with E-state index < -0.39 is 6.04 Å². The lowest BCUT2D eigenvalue weighted by molar-refractivity contribution is -0.127. The van der Waals surface area contributed by atoms with Crippen molar-refractivity contribution < 1.29 is 19.1 Å². The summed E-state index contributed by atoms with van der Waals surface area (Å²) in [6.07, 6.45) is 1.70. The second kappa shape index (κ2) is 12.3. The van der Waals surface area contributed by atoms with E-state index in [9.17, 15) is 9.59 Å². The lowest BCUT2D eigenvalue weighted by atomic mass is 10.2. The van der Waals surface area contributed by atoms with E-state index in [2.05, 4.69) is 23.3 Å². The zero-order valence-corrected chi connectivity index (χ0v) is 12.5. The molecular weight excluding hydrogens is 268 g/mol. The highest BCUT2D eigenvalue weighted by Crippen LogP contribution is 1.92. The summed E-state index contributed by atoms with van der Waals surface area (Å²) in [5.41, 5.74) is 0. The predicted molar refractivity (Wildman–Crippen MR) is 76.4 cm³/mol. The normalized spacial score (nSPS) is 11.9. The van der Waals surface area contributed by atoms with Crippen LogP contribution in [-0.2, 0) is 19.1 Å². The minimum atomic E-state index is -0.571. The van der Waals surface area contributed by atoms with Gasteiger partial charge in [-0.3, -0.25) is 9.59 Å². The maximum Gasteiger partial charge on any atom is 0.243 e. The molecule has 2 amide bonds. The van der Waals surface area contributed by atoms with Gasteiger partial charge in [-0.25, -0.2) is 0 Å². The number of carbonyl (C=O) groups is 2. The lowest BCUT2D eigenvalue weighted by Crippen LogP contribution is -2.47. The highest BCUT2D eigenvalue weighted by molar-refractivity contribution is 7.80. The largest absolute Gasteiger partial charge is 0.382 e. The Hall–Kier alpha value is -0.790. The first kappa shape index (κ1) is 18.2. The topological polar surface area (TPSA) is 76.7 Å². The van der Waals surface area contributed by atoms with E-state index in [0.717, 1.165) is 12.8 Å². The molecule has 0 saturated heterocycles. The first-order valence-electron chi connectivity index (χ1n) is 6.34. The lowest BCUT2D eigenvalue weighted by Gasteiger charge is -2.15. The molecule has 112 valence electrons. The monoisotopic (exact) mass is 292 g/mol. The number of unbranched alkanes of at least 4 members (excludes halogenated alkanes) is 1. The van der Waals surface area contributed by atoms with Gasteiger partial charge in [-0.2, -0.15) is 12.6 Å². The average Bonchev–Trinajstić information content (AvgIpc) is 2.38. The van der Waals surface area contributed by atoms with Gasteiger partial charge in [0.05, 0.1) is 13.2 Å². The average molecular weight is 292 g/mol. The summed E-state index contributed by atoms with van der Waals surface area (Å²) in [6, 6.07) is -0.571. The van der Waals surface area contributed by atoms with Crippen molar-refractivity contribution in [1.82, 2.24) is 10.6 Å². The van der Waals surface area contributed by atoms with Gasteiger partial charge < -0.3 is 20.1 Å². The smallest absolute Gasteiger partial charge is 0.243 e. The van der Waals surface area contributed by atoms with Gasteiger partial charge in [0, 0.05) is 32.9 Å². The number of amides is 2. The molecule has 6 nitrogen and oxygen atoms in total. The molecule has 0 spiro atoms. The molecule has 19 heavy (non-hydrogen) atoms. The van der Waals surface area contributed by atoms with Crippen LogP contribution in [-0.4, -0.2) is 57.1 Å². The zero-order chi connectivity index (χ0) is 14.5. The number of ether oxygens (including phenoxy) is 2. The van der Waals surface area contributed by atoms with Gasteiger partial charge in [-0.05, 0) is 12.8 Å². The Morgan fingerprint density at radius 2 is 1.95 bits per heavy atom. The molecule has 0 aromatic carbocycles. The van der Waals surface area contributed by atoms with Gasteiger partial charge in [-0.1, -0.05) is 0 Å². The van der Waals surface area contributed by atoms with Crippen LogP contribution in [0, 0.1) is 0 Å². The van der Waals surface area contributed by atoms with E-state index in [1.807, 2.05) is 0 Å². The standard InChI is InChI=1S/C12H24N2O4S/c1-10(15)14-11(9-19)12(16)13-5-3-4-6-18-8-7-17-2/h11,19H,3-9H2,1-2H3,(H,13,16)(H,14,15). The fraction of sp³-hybridized carbons (Fsp3) is 0.833. The van der Waals surface area contributed by atoms with Crippen LogP contribution < -0.4 is 10.6 Å². The number of rotatable bonds is 11. The van der Waals surface area contributed by atoms with Crippen LogP contribution in [0.25, 0.3) is 0 Å². The molecule has 0 fully saturated rings. The molecule has 0 aromatic heterocycles. The third-order valence-electron chi connectivity index (χ3n) is 2.32. The Balaban J connectivity index is 3.53. The van der Waals surface area contributed by atoms with E-state index in [-0.39, 0.29) is 17.6 Å². The number of nitrogens with one attached hydrogen (secondary N) is 2. The minimum absolute atomic E-state index is 0.203. The third-order valence-corrected chi connectivity index (χ3v) is 2.69. The van der Waals surface area contributed by atoms with E-state index >= 15 is 0 Å². The second-order valence-corrected chi connectivity index (χ2v) is 4.40. The van der Waals surface area contributed by atoms with Crippen molar-refractivity contribution in [2.75, 3.05) is 39.2 Å². The van der Waals surface area contributed by atoms with Crippen LogP contribution in [0.2, 0.25) is 0 Å². The van der Waals surface area contributed by atoms with E-state index in [1.165, 1.54) is 6.92 Å². The van der Waals surface area contributed by atoms with Crippen molar-refractivity contribution in [2.45, 2.75) is 25.8 Å². The van der Waals surface area contributed by atoms with Crippen LogP contribution in [0.4, 0.5) is 0 Å². The molecular formula is C12H24N2O4S. The Kier molecular flexibility index (Phi) is 11.7. The first-order valence-corrected chi connectivity index (χ1v) is 6.97. The summed E-state index contributed by atoms with van der Waals surface area (Å²) in [6.45, 7) is 3.78. The molecule has 0 rings (SSSR count). The first-order chi connectivity index (χ1) is 9.11. The third kappa shape index (κ3) is 10.8. The molecule has 0 bridgehead atoms. The van der Waals surface area contributed by atoms with Crippen molar-refractivity contribution in [2.24, 2.45) is 0 Å². The summed E-state index contributed by atoms with van der Waals surface area (Å²) in [5.74, 6) is -0.155. The molecule has 0 aliphatic rings. The maximum atomic E-state index is 11.7. The fourth-order valence-corrected chi connectivity index (χ4v) is 1.60. The summed E-state index contributed by atoms with van der Waals surface area (Å²) in [7, 11) is 1.63. The summed E-state index contributed by atoms with van der Waals surface area (Å²) in [5, 5.41) is 5.30. The number of hydrogen-bond donors (Lipinski definition) is 3. The molecule has 0 heterocycles. The molecule has 0 aliphatic heterocycles. The van der Waals surface area contributed by atoms with Crippen LogP contribution in [0.5, 0.6) is 0 Å². The fourth-order valence-electron chi connectivity index (χ4n) is 1.35. The molecule has 0 saturated carbocycles. The van der Waals surface area contributed by atoms with Gasteiger partial charge >= 0.3 is 0 Å². The molecule has 0 radical (unpaired) electrons. The molecule has 1 atom stereocenters. The predicted octanol–water partition coefficient (Wildman–Crippen LogP) is -0.0197. The zero-order valence-electron chi connectivity index (χ0n) is 11.6. The summed E-state index contributed by atoms with van der Waals surface area (Å²) < 4.78 is 10.1. The van der Waals surface area contributed by atoms with E-state index in [0.29, 0.717) is 26.4 Å². The molecule has 7 heteroatoms. The SMILES string of the molecule is COCCOCCCCNC(=O)C(CS)NC(C)=O. The van der Waals surface area contributed by atoms with Crippen LogP contribution in [0.3, 0.4) is 0 Å². The van der Waals surface area contributed by atoms with Gasteiger partial charge in [0.1, 0.15) is 6.04 Å². The number of hydrogen-bond acceptors (Lipinski definition) is 5. The summed E-state index contributed by atoms with van der Waals surface area (Å²) >= 11 is 4.03. The maximum absolute atomic E-state index is 11.7. The summed E-state index contributed by atoms with van der Waals surface area (Å²) in [4.78, 5) is 22.5. The molecule has 2 N–H and O–H groups in total. The second-order valence-electron chi connectivity index (χ2n) is 4.04. The van der Waals surface area contributed by atoms with Crippen molar-refractivity contribution >= 4 is 24.4 Å². The van der Waals surface area contributed by atoms with Gasteiger partial charge in [0.25, 0.3) is 0 Å². The number of carbonyl (C=O) groups excluding carboxylic acids is 2. The van der Waals surface area contributed by atoms with Gasteiger partial charge in [-0.15, -0.1) is 0 Å². The Morgan fingerprint density at radius 1 is 1.21 bits per heavy atom. The molecule has 1 unspecified atom stereocenters. The Labute approximate surface area is 120 Å². The number of methoxy groups -OCH3 is 1. The quantitative estimate of drug-likeness (QED) is 0.369. The van der Waals surface area contributed by atoms with Crippen molar-refractivity contribution in [3.63, 3.8) is 0 Å². The Bertz CT molecular complexity index is 264. The molecule has 0 aliphatic carbocycles. The van der Waals surface area contributed by atoms with E-state index in [1.54, 1.807) is 7.11 Å². The van der Waals surface area contributed by atoms with Crippen molar-refractivity contribution in [3.05, 3.63) is 0 Å². The Morgan fingerprint density at radius 3 is 2.53 bits per heavy atom. The van der Waals surface area contributed by atoms with Crippen LogP contribution in [0.1, 0.15) is 19.8 Å². The highest BCUT2D eigenvalue weighted by atomic mass is 32.1.